The van der Waals surface area contributed by atoms with E-state index in [0.29, 0.717) is 32.7 Å². The molecule has 0 unspecified atom stereocenters. The molecule has 1 fully saturated rings. The lowest BCUT2D eigenvalue weighted by Crippen LogP contribution is -2.38. The first-order valence-electron chi connectivity index (χ1n) is 6.91. The summed E-state index contributed by atoms with van der Waals surface area (Å²) >= 11 is 0. The number of hydrogen-bond acceptors (Lipinski definition) is 7. The van der Waals surface area contributed by atoms with Crippen LogP contribution in [0.4, 0.5) is 5.69 Å². The number of carbonyl (C=O) groups is 1. The molecule has 0 saturated carbocycles. The number of hydrogen-bond donors (Lipinski definition) is 0. The van der Waals surface area contributed by atoms with E-state index in [1.165, 1.54) is 19.2 Å². The van der Waals surface area contributed by atoms with Crippen LogP contribution in [0.2, 0.25) is 0 Å². The quantitative estimate of drug-likeness (QED) is 0.423. The third kappa shape index (κ3) is 3.71. The molecule has 1 saturated heterocycles. The zero-order chi connectivity index (χ0) is 15.9. The van der Waals surface area contributed by atoms with Crippen LogP contribution in [-0.4, -0.2) is 62.7 Å². The van der Waals surface area contributed by atoms with Gasteiger partial charge in [-0.25, -0.2) is 0 Å². The average Bonchev–Trinajstić information content (AvgIpc) is 2.55. The molecule has 0 spiro atoms. The summed E-state index contributed by atoms with van der Waals surface area (Å²) in [6, 6.07) is 2.87. The van der Waals surface area contributed by atoms with Crippen LogP contribution in [0.5, 0.6) is 11.5 Å². The van der Waals surface area contributed by atoms with Gasteiger partial charge in [-0.2, -0.15) is 0 Å². The molecular weight excluding hydrogens is 292 g/mol. The van der Waals surface area contributed by atoms with Crippen LogP contribution in [0.1, 0.15) is 10.4 Å². The molecule has 0 N–H and O–H groups in total. The fourth-order valence-corrected chi connectivity index (χ4v) is 2.27. The Morgan fingerprint density at radius 1 is 1.41 bits per heavy atom. The number of rotatable bonds is 7. The van der Waals surface area contributed by atoms with Crippen molar-refractivity contribution < 1.29 is 23.9 Å². The predicted octanol–water partition coefficient (Wildman–Crippen LogP) is 1.13. The highest BCUT2D eigenvalue weighted by atomic mass is 16.6. The van der Waals surface area contributed by atoms with Gasteiger partial charge in [0.1, 0.15) is 6.61 Å². The molecule has 1 aromatic carbocycles. The molecule has 8 nitrogen and oxygen atoms in total. The van der Waals surface area contributed by atoms with Gasteiger partial charge < -0.3 is 14.2 Å². The summed E-state index contributed by atoms with van der Waals surface area (Å²) in [6.07, 6.45) is 0.429. The Kier molecular flexibility index (Phi) is 5.68. The van der Waals surface area contributed by atoms with E-state index in [9.17, 15) is 14.9 Å². The molecule has 120 valence electrons. The second-order valence-electron chi connectivity index (χ2n) is 4.71. The summed E-state index contributed by atoms with van der Waals surface area (Å²) in [5.41, 5.74) is -0.413. The van der Waals surface area contributed by atoms with Gasteiger partial charge in [-0.3, -0.25) is 19.8 Å². The second kappa shape index (κ2) is 7.71. The lowest BCUT2D eigenvalue weighted by atomic mass is 10.1. The molecule has 22 heavy (non-hydrogen) atoms. The van der Waals surface area contributed by atoms with Crippen LogP contribution in [0.25, 0.3) is 0 Å². The number of nitro benzene ring substituents is 1. The lowest BCUT2D eigenvalue weighted by Gasteiger charge is -2.26. The van der Waals surface area contributed by atoms with Gasteiger partial charge in [0, 0.05) is 19.6 Å². The van der Waals surface area contributed by atoms with E-state index in [1.54, 1.807) is 0 Å². The third-order valence-corrected chi connectivity index (χ3v) is 3.41. The molecule has 2 rings (SSSR count). The summed E-state index contributed by atoms with van der Waals surface area (Å²) in [7, 11) is 1.31. The van der Waals surface area contributed by atoms with Crippen molar-refractivity contribution >= 4 is 12.0 Å². The first kappa shape index (κ1) is 16.2. The summed E-state index contributed by atoms with van der Waals surface area (Å²) in [4.78, 5) is 23.6. The van der Waals surface area contributed by atoms with Crippen LogP contribution in [-0.2, 0) is 4.74 Å². The SMILES string of the molecule is COc1c(OCCN2CCOCC2)ccc(C=O)c1[N+](=O)[O-]. The van der Waals surface area contributed by atoms with Gasteiger partial charge in [0.25, 0.3) is 0 Å². The molecule has 0 aliphatic carbocycles. The highest BCUT2D eigenvalue weighted by Crippen LogP contribution is 2.38. The maximum Gasteiger partial charge on any atom is 0.325 e. The van der Waals surface area contributed by atoms with Gasteiger partial charge in [-0.15, -0.1) is 0 Å². The van der Waals surface area contributed by atoms with Gasteiger partial charge >= 0.3 is 5.69 Å². The Morgan fingerprint density at radius 3 is 2.73 bits per heavy atom. The van der Waals surface area contributed by atoms with E-state index in [1.807, 2.05) is 0 Å². The average molecular weight is 310 g/mol. The Balaban J connectivity index is 2.08. The number of nitro groups is 1. The van der Waals surface area contributed by atoms with Crippen molar-refractivity contribution in [2.75, 3.05) is 46.6 Å². The molecule has 0 amide bonds. The smallest absolute Gasteiger partial charge is 0.325 e. The van der Waals surface area contributed by atoms with Crippen molar-refractivity contribution in [1.29, 1.82) is 0 Å². The number of morpholine rings is 1. The van der Waals surface area contributed by atoms with Gasteiger partial charge in [0.15, 0.2) is 12.0 Å². The van der Waals surface area contributed by atoms with Crippen molar-refractivity contribution in [2.24, 2.45) is 0 Å². The van der Waals surface area contributed by atoms with Crippen molar-refractivity contribution in [3.63, 3.8) is 0 Å². The second-order valence-corrected chi connectivity index (χ2v) is 4.71. The molecule has 0 radical (unpaired) electrons. The van der Waals surface area contributed by atoms with E-state index in [-0.39, 0.29) is 22.7 Å². The number of methoxy groups -OCH3 is 1. The molecule has 0 bridgehead atoms. The Labute approximate surface area is 127 Å². The normalized spacial score (nSPS) is 15.3. The Bertz CT molecular complexity index is 542. The van der Waals surface area contributed by atoms with Gasteiger partial charge in [0.2, 0.25) is 5.75 Å². The van der Waals surface area contributed by atoms with Crippen LogP contribution >= 0.6 is 0 Å². The summed E-state index contributed by atoms with van der Waals surface area (Å²) in [5, 5.41) is 11.1. The third-order valence-electron chi connectivity index (χ3n) is 3.41. The van der Waals surface area contributed by atoms with Crippen LogP contribution < -0.4 is 9.47 Å². The fraction of sp³-hybridized carbons (Fsp3) is 0.500. The molecule has 1 heterocycles. The van der Waals surface area contributed by atoms with Crippen LogP contribution in [0, 0.1) is 10.1 Å². The van der Waals surface area contributed by atoms with E-state index >= 15 is 0 Å². The fourth-order valence-electron chi connectivity index (χ4n) is 2.27. The van der Waals surface area contributed by atoms with Gasteiger partial charge in [-0.05, 0) is 12.1 Å². The number of benzene rings is 1. The lowest BCUT2D eigenvalue weighted by molar-refractivity contribution is -0.386. The highest BCUT2D eigenvalue weighted by molar-refractivity contribution is 5.85. The molecule has 1 aromatic rings. The van der Waals surface area contributed by atoms with E-state index in [0.717, 1.165) is 13.1 Å². The maximum absolute atomic E-state index is 11.1. The standard InChI is InChI=1S/C14H18N2O6/c1-20-14-12(3-2-11(10-17)13(14)16(18)19)22-9-6-15-4-7-21-8-5-15/h2-3,10H,4-9H2,1H3. The highest BCUT2D eigenvalue weighted by Gasteiger charge is 2.25. The molecule has 1 aliphatic heterocycles. The number of aldehydes is 1. The first-order valence-corrected chi connectivity index (χ1v) is 6.91. The Hall–Kier alpha value is -2.19. The molecule has 0 aromatic heterocycles. The molecule has 8 heteroatoms. The van der Waals surface area contributed by atoms with Crippen LogP contribution in [0.15, 0.2) is 12.1 Å². The minimum atomic E-state index is -0.641. The summed E-state index contributed by atoms with van der Waals surface area (Å²) < 4.78 is 15.9. The van der Waals surface area contributed by atoms with E-state index in [2.05, 4.69) is 4.90 Å². The van der Waals surface area contributed by atoms with E-state index < -0.39 is 4.92 Å². The Morgan fingerprint density at radius 2 is 2.14 bits per heavy atom. The largest absolute Gasteiger partial charge is 0.488 e. The predicted molar refractivity (Wildman–Crippen MR) is 77.8 cm³/mol. The van der Waals surface area contributed by atoms with Gasteiger partial charge in [-0.1, -0.05) is 0 Å². The van der Waals surface area contributed by atoms with Crippen LogP contribution in [0.3, 0.4) is 0 Å². The topological polar surface area (TPSA) is 91.1 Å². The molecule has 1 aliphatic rings. The zero-order valence-electron chi connectivity index (χ0n) is 12.3. The van der Waals surface area contributed by atoms with Crippen molar-refractivity contribution in [1.82, 2.24) is 4.90 Å². The number of carbonyl (C=O) groups excluding carboxylic acids is 1. The minimum absolute atomic E-state index is 0.0309. The number of ether oxygens (including phenoxy) is 3. The maximum atomic E-state index is 11.1. The molecule has 0 atom stereocenters. The molecular formula is C14H18N2O6. The summed E-state index contributed by atoms with van der Waals surface area (Å²) in [5.74, 6) is 0.227. The van der Waals surface area contributed by atoms with E-state index in [4.69, 9.17) is 14.2 Å². The van der Waals surface area contributed by atoms with Crippen molar-refractivity contribution in [2.45, 2.75) is 0 Å². The zero-order valence-corrected chi connectivity index (χ0v) is 12.3. The monoisotopic (exact) mass is 310 g/mol. The van der Waals surface area contributed by atoms with Crippen molar-refractivity contribution in [3.8, 4) is 11.5 Å². The minimum Gasteiger partial charge on any atom is -0.488 e. The summed E-state index contributed by atoms with van der Waals surface area (Å²) in [6.45, 7) is 4.13. The van der Waals surface area contributed by atoms with Crippen molar-refractivity contribution in [3.05, 3.63) is 27.8 Å². The van der Waals surface area contributed by atoms with Gasteiger partial charge in [0.05, 0.1) is 30.8 Å². The number of nitrogens with zero attached hydrogens (tertiary/aromatic N) is 2. The first-order chi connectivity index (χ1) is 10.7.